The lowest BCUT2D eigenvalue weighted by atomic mass is 10.1. The number of nitrogens with one attached hydrogen (secondary N) is 1. The maximum absolute atomic E-state index is 11.1. The van der Waals surface area contributed by atoms with Crippen LogP contribution in [0, 0.1) is 0 Å². The van der Waals surface area contributed by atoms with Crippen molar-refractivity contribution in [2.24, 2.45) is 0 Å². The standard InChI is InChI=1S/C10H19BrN2O/c1-9(12-10(14)7-11)8-13-5-3-2-4-6-13/h9H,2-8H2,1H3,(H,12,14). The molecule has 1 aliphatic heterocycles. The van der Waals surface area contributed by atoms with Crippen LogP contribution in [0.4, 0.5) is 0 Å². The maximum atomic E-state index is 11.1. The van der Waals surface area contributed by atoms with Gasteiger partial charge in [0.15, 0.2) is 0 Å². The summed E-state index contributed by atoms with van der Waals surface area (Å²) in [5.74, 6) is 0.0782. The van der Waals surface area contributed by atoms with Crippen molar-refractivity contribution in [2.45, 2.75) is 32.2 Å². The van der Waals surface area contributed by atoms with E-state index in [1.54, 1.807) is 0 Å². The summed E-state index contributed by atoms with van der Waals surface area (Å²) in [6.07, 6.45) is 3.97. The van der Waals surface area contributed by atoms with Crippen molar-refractivity contribution >= 4 is 21.8 Å². The molecule has 0 saturated carbocycles. The molecule has 0 spiro atoms. The van der Waals surface area contributed by atoms with Gasteiger partial charge in [0.05, 0.1) is 5.33 Å². The van der Waals surface area contributed by atoms with Crippen LogP contribution < -0.4 is 5.32 Å². The highest BCUT2D eigenvalue weighted by Gasteiger charge is 2.14. The molecule has 0 aliphatic carbocycles. The predicted molar refractivity (Wildman–Crippen MR) is 61.7 cm³/mol. The number of hydrogen-bond acceptors (Lipinski definition) is 2. The number of piperidine rings is 1. The van der Waals surface area contributed by atoms with Gasteiger partial charge in [-0.15, -0.1) is 0 Å². The average molecular weight is 263 g/mol. The van der Waals surface area contributed by atoms with E-state index in [0.29, 0.717) is 5.33 Å². The molecule has 0 aromatic rings. The zero-order valence-corrected chi connectivity index (χ0v) is 10.3. The van der Waals surface area contributed by atoms with Gasteiger partial charge in [0.1, 0.15) is 0 Å². The minimum absolute atomic E-state index is 0.0782. The summed E-state index contributed by atoms with van der Waals surface area (Å²) >= 11 is 3.14. The van der Waals surface area contributed by atoms with Crippen LogP contribution in [0.3, 0.4) is 0 Å². The van der Waals surface area contributed by atoms with Crippen LogP contribution in [0.15, 0.2) is 0 Å². The minimum atomic E-state index is 0.0782. The number of nitrogens with zero attached hydrogens (tertiary/aromatic N) is 1. The first kappa shape index (κ1) is 12.0. The Balaban J connectivity index is 2.18. The first-order chi connectivity index (χ1) is 6.72. The van der Waals surface area contributed by atoms with Crippen LogP contribution in [0.2, 0.25) is 0 Å². The Kier molecular flexibility index (Phi) is 5.48. The molecule has 1 heterocycles. The Labute approximate surface area is 94.4 Å². The number of halogens is 1. The molecule has 4 heteroatoms. The zero-order chi connectivity index (χ0) is 10.4. The number of amides is 1. The Morgan fingerprint density at radius 3 is 2.64 bits per heavy atom. The van der Waals surface area contributed by atoms with Crippen molar-refractivity contribution in [3.05, 3.63) is 0 Å². The van der Waals surface area contributed by atoms with E-state index >= 15 is 0 Å². The Bertz CT molecular complexity index is 181. The van der Waals surface area contributed by atoms with Gasteiger partial charge in [0, 0.05) is 12.6 Å². The maximum Gasteiger partial charge on any atom is 0.230 e. The summed E-state index contributed by atoms with van der Waals surface area (Å²) < 4.78 is 0. The van der Waals surface area contributed by atoms with Gasteiger partial charge in [-0.2, -0.15) is 0 Å². The summed E-state index contributed by atoms with van der Waals surface area (Å²) in [6.45, 7) is 5.43. The van der Waals surface area contributed by atoms with Crippen molar-refractivity contribution in [3.63, 3.8) is 0 Å². The van der Waals surface area contributed by atoms with Gasteiger partial charge < -0.3 is 10.2 Å². The zero-order valence-electron chi connectivity index (χ0n) is 8.76. The fourth-order valence-electron chi connectivity index (χ4n) is 1.89. The van der Waals surface area contributed by atoms with Crippen LogP contribution in [0.5, 0.6) is 0 Å². The van der Waals surface area contributed by atoms with Gasteiger partial charge >= 0.3 is 0 Å². The van der Waals surface area contributed by atoms with Crippen LogP contribution in [0.1, 0.15) is 26.2 Å². The third-order valence-corrected chi connectivity index (χ3v) is 3.02. The number of rotatable bonds is 4. The number of alkyl halides is 1. The molecular formula is C10H19BrN2O. The van der Waals surface area contributed by atoms with Crippen molar-refractivity contribution < 1.29 is 4.79 Å². The van der Waals surface area contributed by atoms with Crippen LogP contribution in [-0.2, 0) is 4.79 Å². The van der Waals surface area contributed by atoms with Gasteiger partial charge in [-0.05, 0) is 32.9 Å². The predicted octanol–water partition coefficient (Wildman–Crippen LogP) is 1.37. The normalized spacial score (nSPS) is 20.4. The number of likely N-dealkylation sites (tertiary alicyclic amines) is 1. The molecule has 1 saturated heterocycles. The second kappa shape index (κ2) is 6.40. The summed E-state index contributed by atoms with van der Waals surface area (Å²) in [5, 5.41) is 3.35. The SMILES string of the molecule is CC(CN1CCCCC1)NC(=O)CBr. The lowest BCUT2D eigenvalue weighted by Gasteiger charge is -2.29. The van der Waals surface area contributed by atoms with Crippen molar-refractivity contribution in [1.29, 1.82) is 0 Å². The minimum Gasteiger partial charge on any atom is -0.352 e. The largest absolute Gasteiger partial charge is 0.352 e. The molecule has 14 heavy (non-hydrogen) atoms. The third kappa shape index (κ3) is 4.42. The summed E-state index contributed by atoms with van der Waals surface area (Å²) in [5.41, 5.74) is 0. The molecule has 1 atom stereocenters. The second-order valence-electron chi connectivity index (χ2n) is 3.96. The fraction of sp³-hybridized carbons (Fsp3) is 0.900. The highest BCUT2D eigenvalue weighted by molar-refractivity contribution is 9.09. The number of carbonyl (C=O) groups excluding carboxylic acids is 1. The molecule has 3 nitrogen and oxygen atoms in total. The van der Waals surface area contributed by atoms with Crippen molar-refractivity contribution in [2.75, 3.05) is 25.0 Å². The molecule has 1 amide bonds. The molecule has 1 unspecified atom stereocenters. The quantitative estimate of drug-likeness (QED) is 0.777. The first-order valence-electron chi connectivity index (χ1n) is 5.30. The molecule has 82 valence electrons. The molecule has 0 bridgehead atoms. The van der Waals surface area contributed by atoms with E-state index in [-0.39, 0.29) is 11.9 Å². The fourth-order valence-corrected chi connectivity index (χ4v) is 2.05. The monoisotopic (exact) mass is 262 g/mol. The van der Waals surface area contributed by atoms with Crippen LogP contribution >= 0.6 is 15.9 Å². The van der Waals surface area contributed by atoms with E-state index in [4.69, 9.17) is 0 Å². The topological polar surface area (TPSA) is 32.3 Å². The molecule has 1 fully saturated rings. The van der Waals surface area contributed by atoms with Gasteiger partial charge in [-0.3, -0.25) is 4.79 Å². The summed E-state index contributed by atoms with van der Waals surface area (Å²) in [4.78, 5) is 13.5. The van der Waals surface area contributed by atoms with E-state index < -0.39 is 0 Å². The molecule has 0 aromatic heterocycles. The van der Waals surface area contributed by atoms with Crippen molar-refractivity contribution in [1.82, 2.24) is 10.2 Å². The molecule has 1 aliphatic rings. The number of hydrogen-bond donors (Lipinski definition) is 1. The summed E-state index contributed by atoms with van der Waals surface area (Å²) in [7, 11) is 0. The van der Waals surface area contributed by atoms with E-state index in [1.165, 1.54) is 32.4 Å². The Morgan fingerprint density at radius 2 is 2.07 bits per heavy atom. The van der Waals surface area contributed by atoms with Crippen molar-refractivity contribution in [3.8, 4) is 0 Å². The lowest BCUT2D eigenvalue weighted by molar-refractivity contribution is -0.119. The second-order valence-corrected chi connectivity index (χ2v) is 4.52. The Hall–Kier alpha value is -0.0900. The third-order valence-electron chi connectivity index (χ3n) is 2.51. The van der Waals surface area contributed by atoms with E-state index in [0.717, 1.165) is 6.54 Å². The van der Waals surface area contributed by atoms with E-state index in [2.05, 4.69) is 33.1 Å². The molecule has 1 N–H and O–H groups in total. The molecule has 0 aromatic carbocycles. The number of carbonyl (C=O) groups is 1. The molecule has 0 radical (unpaired) electrons. The smallest absolute Gasteiger partial charge is 0.230 e. The molecular weight excluding hydrogens is 244 g/mol. The van der Waals surface area contributed by atoms with Gasteiger partial charge in [-0.25, -0.2) is 0 Å². The highest BCUT2D eigenvalue weighted by Crippen LogP contribution is 2.08. The highest BCUT2D eigenvalue weighted by atomic mass is 79.9. The molecule has 1 rings (SSSR count). The van der Waals surface area contributed by atoms with E-state index in [9.17, 15) is 4.79 Å². The van der Waals surface area contributed by atoms with Crippen LogP contribution in [0.25, 0.3) is 0 Å². The lowest BCUT2D eigenvalue weighted by Crippen LogP contribution is -2.44. The van der Waals surface area contributed by atoms with E-state index in [1.807, 2.05) is 0 Å². The van der Waals surface area contributed by atoms with Gasteiger partial charge in [0.2, 0.25) is 5.91 Å². The van der Waals surface area contributed by atoms with Gasteiger partial charge in [-0.1, -0.05) is 22.4 Å². The average Bonchev–Trinajstić information content (AvgIpc) is 2.19. The van der Waals surface area contributed by atoms with Crippen LogP contribution in [-0.4, -0.2) is 41.8 Å². The first-order valence-corrected chi connectivity index (χ1v) is 6.42. The summed E-state index contributed by atoms with van der Waals surface area (Å²) in [6, 6.07) is 0.262. The Morgan fingerprint density at radius 1 is 1.43 bits per heavy atom. The van der Waals surface area contributed by atoms with Gasteiger partial charge in [0.25, 0.3) is 0 Å².